The molecule has 0 fully saturated rings. The van der Waals surface area contributed by atoms with Gasteiger partial charge in [-0.2, -0.15) is 5.26 Å². The molecule has 0 bridgehead atoms. The smallest absolute Gasteiger partial charge is 0.125 e. The van der Waals surface area contributed by atoms with Crippen LogP contribution in [0.5, 0.6) is 11.5 Å². The lowest BCUT2D eigenvalue weighted by Gasteiger charge is -2.11. The van der Waals surface area contributed by atoms with Gasteiger partial charge in [0.25, 0.3) is 0 Å². The molecule has 0 saturated carbocycles. The Morgan fingerprint density at radius 3 is 2.65 bits per heavy atom. The van der Waals surface area contributed by atoms with Crippen LogP contribution in [0.2, 0.25) is 5.02 Å². The molecule has 0 spiro atoms. The number of hydrogen-bond acceptors (Lipinski definition) is 3. The van der Waals surface area contributed by atoms with E-state index in [0.29, 0.717) is 29.5 Å². The standard InChI is InChI=1S/C16H14ClNO2/c1-2-19-16-6-4-3-5-13(16)11-20-14-8-7-12(10-18)15(17)9-14/h3-9H,2,11H2,1H3. The van der Waals surface area contributed by atoms with Crippen LogP contribution in [0.4, 0.5) is 0 Å². The summed E-state index contributed by atoms with van der Waals surface area (Å²) in [6.07, 6.45) is 0. The molecule has 2 aromatic rings. The summed E-state index contributed by atoms with van der Waals surface area (Å²) in [5.41, 5.74) is 1.41. The van der Waals surface area contributed by atoms with Crippen molar-refractivity contribution in [3.8, 4) is 17.6 Å². The largest absolute Gasteiger partial charge is 0.493 e. The molecule has 20 heavy (non-hydrogen) atoms. The van der Waals surface area contributed by atoms with E-state index in [4.69, 9.17) is 26.3 Å². The van der Waals surface area contributed by atoms with Gasteiger partial charge in [0, 0.05) is 11.6 Å². The number of para-hydroxylation sites is 1. The van der Waals surface area contributed by atoms with Crippen molar-refractivity contribution >= 4 is 11.6 Å². The number of rotatable bonds is 5. The van der Waals surface area contributed by atoms with Crippen molar-refractivity contribution in [3.05, 3.63) is 58.6 Å². The molecule has 0 aliphatic carbocycles. The van der Waals surface area contributed by atoms with Crippen LogP contribution in [0.25, 0.3) is 0 Å². The molecule has 0 saturated heterocycles. The molecular formula is C16H14ClNO2. The summed E-state index contributed by atoms with van der Waals surface area (Å²) in [5, 5.41) is 9.21. The summed E-state index contributed by atoms with van der Waals surface area (Å²) in [5.74, 6) is 1.44. The minimum atomic E-state index is 0.387. The first-order valence-corrected chi connectivity index (χ1v) is 6.65. The van der Waals surface area contributed by atoms with Gasteiger partial charge in [0.2, 0.25) is 0 Å². The predicted octanol–water partition coefficient (Wildman–Crippen LogP) is 4.19. The van der Waals surface area contributed by atoms with Gasteiger partial charge in [-0.25, -0.2) is 0 Å². The van der Waals surface area contributed by atoms with Gasteiger partial charge in [-0.1, -0.05) is 29.8 Å². The van der Waals surface area contributed by atoms with Crippen LogP contribution in [0.15, 0.2) is 42.5 Å². The summed E-state index contributed by atoms with van der Waals surface area (Å²) in [4.78, 5) is 0. The fourth-order valence-electron chi connectivity index (χ4n) is 1.76. The van der Waals surface area contributed by atoms with Crippen molar-refractivity contribution < 1.29 is 9.47 Å². The first-order valence-electron chi connectivity index (χ1n) is 6.27. The second-order valence-corrected chi connectivity index (χ2v) is 4.49. The van der Waals surface area contributed by atoms with E-state index in [1.165, 1.54) is 0 Å². The van der Waals surface area contributed by atoms with Crippen LogP contribution in [0, 0.1) is 11.3 Å². The highest BCUT2D eigenvalue weighted by molar-refractivity contribution is 6.31. The van der Waals surface area contributed by atoms with Gasteiger partial charge in [-0.15, -0.1) is 0 Å². The summed E-state index contributed by atoms with van der Waals surface area (Å²) in [6.45, 7) is 2.94. The van der Waals surface area contributed by atoms with Crippen LogP contribution in [-0.4, -0.2) is 6.61 Å². The Morgan fingerprint density at radius 2 is 1.95 bits per heavy atom. The Balaban J connectivity index is 2.09. The highest BCUT2D eigenvalue weighted by Crippen LogP contribution is 2.24. The van der Waals surface area contributed by atoms with Crippen LogP contribution in [-0.2, 0) is 6.61 Å². The minimum absolute atomic E-state index is 0.387. The van der Waals surface area contributed by atoms with Crippen LogP contribution >= 0.6 is 11.6 Å². The molecule has 0 radical (unpaired) electrons. The van der Waals surface area contributed by atoms with Crippen LogP contribution in [0.1, 0.15) is 18.1 Å². The molecular weight excluding hydrogens is 274 g/mol. The SMILES string of the molecule is CCOc1ccccc1COc1ccc(C#N)c(Cl)c1. The summed E-state index contributed by atoms with van der Waals surface area (Å²) < 4.78 is 11.2. The molecule has 0 N–H and O–H groups in total. The lowest BCUT2D eigenvalue weighted by atomic mass is 10.2. The monoisotopic (exact) mass is 287 g/mol. The zero-order chi connectivity index (χ0) is 14.4. The molecule has 0 aromatic heterocycles. The summed E-state index contributed by atoms with van der Waals surface area (Å²) in [7, 11) is 0. The van der Waals surface area contributed by atoms with Crippen LogP contribution in [0.3, 0.4) is 0 Å². The van der Waals surface area contributed by atoms with E-state index < -0.39 is 0 Å². The average molecular weight is 288 g/mol. The summed E-state index contributed by atoms with van der Waals surface area (Å²) in [6, 6.07) is 14.8. The van der Waals surface area contributed by atoms with Crippen molar-refractivity contribution in [2.75, 3.05) is 6.61 Å². The van der Waals surface area contributed by atoms with Crippen LogP contribution < -0.4 is 9.47 Å². The number of nitrogens with zero attached hydrogens (tertiary/aromatic N) is 1. The lowest BCUT2D eigenvalue weighted by molar-refractivity contribution is 0.286. The molecule has 0 atom stereocenters. The number of halogens is 1. The van der Waals surface area contributed by atoms with E-state index in [0.717, 1.165) is 11.3 Å². The molecule has 0 aliphatic heterocycles. The fraction of sp³-hybridized carbons (Fsp3) is 0.188. The summed E-state index contributed by atoms with van der Waals surface area (Å²) >= 11 is 5.97. The second-order valence-electron chi connectivity index (χ2n) is 4.08. The number of nitriles is 1. The molecule has 2 aromatic carbocycles. The number of hydrogen-bond donors (Lipinski definition) is 0. The van der Waals surface area contributed by atoms with E-state index in [1.807, 2.05) is 37.3 Å². The van der Waals surface area contributed by atoms with Crippen molar-refractivity contribution in [3.63, 3.8) is 0 Å². The molecule has 2 rings (SSSR count). The molecule has 0 unspecified atom stereocenters. The number of benzene rings is 2. The first-order chi connectivity index (χ1) is 9.74. The Bertz CT molecular complexity index is 635. The van der Waals surface area contributed by atoms with Gasteiger partial charge in [0.1, 0.15) is 24.2 Å². The molecule has 102 valence electrons. The first kappa shape index (κ1) is 14.2. The Morgan fingerprint density at radius 1 is 1.15 bits per heavy atom. The zero-order valence-corrected chi connectivity index (χ0v) is 11.9. The third-order valence-corrected chi connectivity index (χ3v) is 3.04. The molecule has 0 amide bonds. The highest BCUT2D eigenvalue weighted by Gasteiger charge is 2.05. The third-order valence-electron chi connectivity index (χ3n) is 2.73. The van der Waals surface area contributed by atoms with Gasteiger partial charge < -0.3 is 9.47 Å². The molecule has 0 aliphatic rings. The Kier molecular flexibility index (Phi) is 4.86. The third kappa shape index (κ3) is 3.43. The van der Waals surface area contributed by atoms with E-state index in [-0.39, 0.29) is 0 Å². The van der Waals surface area contributed by atoms with Gasteiger partial charge in [0.15, 0.2) is 0 Å². The van der Waals surface area contributed by atoms with Crippen molar-refractivity contribution in [1.82, 2.24) is 0 Å². The normalized spacial score (nSPS) is 9.85. The predicted molar refractivity (Wildman–Crippen MR) is 78.1 cm³/mol. The van der Waals surface area contributed by atoms with Crippen molar-refractivity contribution in [2.45, 2.75) is 13.5 Å². The lowest BCUT2D eigenvalue weighted by Crippen LogP contribution is -2.00. The maximum atomic E-state index is 8.82. The molecule has 0 heterocycles. The van der Waals surface area contributed by atoms with Gasteiger partial charge >= 0.3 is 0 Å². The second kappa shape index (κ2) is 6.83. The highest BCUT2D eigenvalue weighted by atomic mass is 35.5. The minimum Gasteiger partial charge on any atom is -0.493 e. The molecule has 4 heteroatoms. The fourth-order valence-corrected chi connectivity index (χ4v) is 1.97. The van der Waals surface area contributed by atoms with Crippen molar-refractivity contribution in [2.24, 2.45) is 0 Å². The number of ether oxygens (including phenoxy) is 2. The molecule has 3 nitrogen and oxygen atoms in total. The zero-order valence-electron chi connectivity index (χ0n) is 11.1. The Hall–Kier alpha value is -2.18. The topological polar surface area (TPSA) is 42.2 Å². The average Bonchev–Trinajstić information content (AvgIpc) is 2.47. The van der Waals surface area contributed by atoms with E-state index >= 15 is 0 Å². The maximum Gasteiger partial charge on any atom is 0.125 e. The van der Waals surface area contributed by atoms with E-state index in [1.54, 1.807) is 18.2 Å². The van der Waals surface area contributed by atoms with Crippen molar-refractivity contribution in [1.29, 1.82) is 5.26 Å². The maximum absolute atomic E-state index is 8.82. The van der Waals surface area contributed by atoms with E-state index in [2.05, 4.69) is 0 Å². The van der Waals surface area contributed by atoms with Gasteiger partial charge in [0.05, 0.1) is 17.2 Å². The quantitative estimate of drug-likeness (QED) is 0.828. The Labute approximate surface area is 123 Å². The van der Waals surface area contributed by atoms with E-state index in [9.17, 15) is 0 Å². The van der Waals surface area contributed by atoms with Gasteiger partial charge in [-0.3, -0.25) is 0 Å². The van der Waals surface area contributed by atoms with Gasteiger partial charge in [-0.05, 0) is 25.1 Å².